The van der Waals surface area contributed by atoms with E-state index in [-0.39, 0.29) is 0 Å². The summed E-state index contributed by atoms with van der Waals surface area (Å²) < 4.78 is 6.12. The second kappa shape index (κ2) is 12.9. The Hall–Kier alpha value is -6.85. The molecule has 7 aromatic carbocycles. The molecule has 0 unspecified atom stereocenters. The van der Waals surface area contributed by atoms with Gasteiger partial charge in [-0.15, -0.1) is 0 Å². The lowest BCUT2D eigenvalue weighted by Gasteiger charge is -2.23. The van der Waals surface area contributed by atoms with Gasteiger partial charge in [0.25, 0.3) is 0 Å². The molecule has 242 valence electrons. The minimum atomic E-state index is 0.617. The molecule has 0 saturated carbocycles. The molecular formula is C46H32N4O. The number of hydrogen-bond acceptors (Lipinski definition) is 5. The largest absolute Gasteiger partial charge is 0.456 e. The normalized spacial score (nSPS) is 11.2. The van der Waals surface area contributed by atoms with Crippen molar-refractivity contribution in [1.29, 1.82) is 0 Å². The van der Waals surface area contributed by atoms with Gasteiger partial charge in [-0.3, -0.25) is 0 Å². The van der Waals surface area contributed by atoms with Crippen LogP contribution >= 0.6 is 0 Å². The van der Waals surface area contributed by atoms with Gasteiger partial charge < -0.3 is 9.32 Å². The SMILES string of the molecule is CN(c1cccc(-c2nc(-c3ccccc3)nc(-c3ccc(-c4ccccc4)cc3)n2)c1)c1ccccc1-c1ccc2oc3ccccc3c2c1. The van der Waals surface area contributed by atoms with Crippen LogP contribution in [0.5, 0.6) is 0 Å². The first-order valence-corrected chi connectivity index (χ1v) is 17.0. The molecule has 0 atom stereocenters. The van der Waals surface area contributed by atoms with Crippen LogP contribution in [0.3, 0.4) is 0 Å². The Balaban J connectivity index is 1.10. The molecule has 0 aliphatic heterocycles. The molecule has 2 heterocycles. The van der Waals surface area contributed by atoms with Crippen LogP contribution in [0.25, 0.3) is 78.4 Å². The fourth-order valence-electron chi connectivity index (χ4n) is 6.69. The van der Waals surface area contributed by atoms with E-state index in [1.54, 1.807) is 0 Å². The lowest BCUT2D eigenvalue weighted by atomic mass is 10.00. The number of furan rings is 1. The molecular weight excluding hydrogens is 625 g/mol. The molecule has 0 spiro atoms. The molecule has 0 saturated heterocycles. The average molecular weight is 657 g/mol. The third-order valence-electron chi connectivity index (χ3n) is 9.36. The van der Waals surface area contributed by atoms with Crippen molar-refractivity contribution in [2.75, 3.05) is 11.9 Å². The van der Waals surface area contributed by atoms with Crippen molar-refractivity contribution in [1.82, 2.24) is 15.0 Å². The van der Waals surface area contributed by atoms with Crippen LogP contribution in [-0.4, -0.2) is 22.0 Å². The summed E-state index contributed by atoms with van der Waals surface area (Å²) in [6, 6.07) is 60.4. The first-order valence-electron chi connectivity index (χ1n) is 17.0. The van der Waals surface area contributed by atoms with Crippen molar-refractivity contribution in [3.8, 4) is 56.4 Å². The highest BCUT2D eigenvalue weighted by molar-refractivity contribution is 6.06. The lowest BCUT2D eigenvalue weighted by molar-refractivity contribution is 0.669. The van der Waals surface area contributed by atoms with Crippen molar-refractivity contribution in [3.63, 3.8) is 0 Å². The number of benzene rings is 7. The molecule has 0 aliphatic carbocycles. The van der Waals surface area contributed by atoms with E-state index in [1.807, 2.05) is 48.5 Å². The van der Waals surface area contributed by atoms with Crippen molar-refractivity contribution in [2.45, 2.75) is 0 Å². The second-order valence-electron chi connectivity index (χ2n) is 12.6. The standard InChI is InChI=1S/C46H32N4O/c1-50(41-21-10-8-19-38(41)35-27-28-43-40(30-35)39-20-9-11-22-42(39)51-43)37-18-12-17-36(29-37)46-48-44(33-15-6-3-7-16-33)47-45(49-46)34-25-23-32(24-26-34)31-13-4-2-5-14-31/h2-30H,1H3. The van der Waals surface area contributed by atoms with Gasteiger partial charge in [0.1, 0.15) is 11.2 Å². The monoisotopic (exact) mass is 656 g/mol. The Morgan fingerprint density at radius 2 is 0.922 bits per heavy atom. The highest BCUT2D eigenvalue weighted by Gasteiger charge is 2.16. The summed E-state index contributed by atoms with van der Waals surface area (Å²) in [7, 11) is 2.10. The molecule has 0 fully saturated rings. The number of hydrogen-bond donors (Lipinski definition) is 0. The molecule has 9 rings (SSSR count). The summed E-state index contributed by atoms with van der Waals surface area (Å²) in [5.41, 5.74) is 11.2. The molecule has 0 aliphatic rings. The van der Waals surface area contributed by atoms with Crippen molar-refractivity contribution in [3.05, 3.63) is 176 Å². The first kappa shape index (κ1) is 30.2. The Bertz CT molecular complexity index is 2650. The molecule has 0 amide bonds. The summed E-state index contributed by atoms with van der Waals surface area (Å²) in [4.78, 5) is 17.2. The second-order valence-corrected chi connectivity index (χ2v) is 12.6. The van der Waals surface area contributed by atoms with E-state index in [0.29, 0.717) is 17.5 Å². The van der Waals surface area contributed by atoms with Gasteiger partial charge in [0.15, 0.2) is 17.5 Å². The number of nitrogens with zero attached hydrogens (tertiary/aromatic N) is 4. The maximum absolute atomic E-state index is 6.12. The van der Waals surface area contributed by atoms with E-state index in [1.165, 1.54) is 5.56 Å². The fraction of sp³-hybridized carbons (Fsp3) is 0.0217. The first-order chi connectivity index (χ1) is 25.2. The molecule has 9 aromatic rings. The van der Waals surface area contributed by atoms with Crippen LogP contribution in [-0.2, 0) is 0 Å². The van der Waals surface area contributed by atoms with E-state index in [4.69, 9.17) is 19.4 Å². The third-order valence-corrected chi connectivity index (χ3v) is 9.36. The minimum absolute atomic E-state index is 0.617. The molecule has 0 radical (unpaired) electrons. The van der Waals surface area contributed by atoms with E-state index in [9.17, 15) is 0 Å². The van der Waals surface area contributed by atoms with Gasteiger partial charge in [-0.25, -0.2) is 15.0 Å². The smallest absolute Gasteiger partial charge is 0.164 e. The number of rotatable bonds is 7. The van der Waals surface area contributed by atoms with Crippen molar-refractivity contribution < 1.29 is 4.42 Å². The molecule has 5 nitrogen and oxygen atoms in total. The average Bonchev–Trinajstić information content (AvgIpc) is 3.59. The van der Waals surface area contributed by atoms with Gasteiger partial charge >= 0.3 is 0 Å². The highest BCUT2D eigenvalue weighted by Crippen LogP contribution is 2.38. The number of aromatic nitrogens is 3. The van der Waals surface area contributed by atoms with Gasteiger partial charge in [0.05, 0.1) is 0 Å². The predicted octanol–water partition coefficient (Wildman–Crippen LogP) is 11.9. The summed E-state index contributed by atoms with van der Waals surface area (Å²) in [5, 5.41) is 2.23. The van der Waals surface area contributed by atoms with Gasteiger partial charge in [-0.2, -0.15) is 0 Å². The summed E-state index contributed by atoms with van der Waals surface area (Å²) in [6.07, 6.45) is 0. The summed E-state index contributed by atoms with van der Waals surface area (Å²) >= 11 is 0. The topological polar surface area (TPSA) is 55.1 Å². The molecule has 51 heavy (non-hydrogen) atoms. The van der Waals surface area contributed by atoms with Crippen molar-refractivity contribution >= 4 is 33.3 Å². The highest BCUT2D eigenvalue weighted by atomic mass is 16.3. The van der Waals surface area contributed by atoms with Crippen LogP contribution in [0.15, 0.2) is 180 Å². The Morgan fingerprint density at radius 3 is 1.69 bits per heavy atom. The third kappa shape index (κ3) is 5.81. The van der Waals surface area contributed by atoms with Gasteiger partial charge in [0, 0.05) is 51.4 Å². The molecule has 2 aromatic heterocycles. The molecule has 0 N–H and O–H groups in total. The Kier molecular flexibility index (Phi) is 7.63. The zero-order chi connectivity index (χ0) is 34.1. The van der Waals surface area contributed by atoms with E-state index in [2.05, 4.69) is 139 Å². The maximum Gasteiger partial charge on any atom is 0.164 e. The maximum atomic E-state index is 6.12. The van der Waals surface area contributed by atoms with Crippen LogP contribution in [0.2, 0.25) is 0 Å². The number of para-hydroxylation sites is 2. The van der Waals surface area contributed by atoms with Gasteiger partial charge in [-0.1, -0.05) is 140 Å². The van der Waals surface area contributed by atoms with E-state index < -0.39 is 0 Å². The van der Waals surface area contributed by atoms with E-state index >= 15 is 0 Å². The summed E-state index contributed by atoms with van der Waals surface area (Å²) in [6.45, 7) is 0. The van der Waals surface area contributed by atoms with Gasteiger partial charge in [-0.05, 0) is 53.1 Å². The van der Waals surface area contributed by atoms with E-state index in [0.717, 1.165) is 66.7 Å². The van der Waals surface area contributed by atoms with Crippen LogP contribution in [0, 0.1) is 0 Å². The Labute approximate surface area is 296 Å². The fourth-order valence-corrected chi connectivity index (χ4v) is 6.69. The Morgan fingerprint density at radius 1 is 0.392 bits per heavy atom. The zero-order valence-corrected chi connectivity index (χ0v) is 27.9. The van der Waals surface area contributed by atoms with Crippen molar-refractivity contribution in [2.24, 2.45) is 0 Å². The number of fused-ring (bicyclic) bond motifs is 3. The lowest BCUT2D eigenvalue weighted by Crippen LogP contribution is -2.11. The van der Waals surface area contributed by atoms with Crippen LogP contribution in [0.4, 0.5) is 11.4 Å². The molecule has 0 bridgehead atoms. The predicted molar refractivity (Wildman–Crippen MR) is 209 cm³/mol. The minimum Gasteiger partial charge on any atom is -0.456 e. The summed E-state index contributed by atoms with van der Waals surface area (Å²) in [5.74, 6) is 1.88. The zero-order valence-electron chi connectivity index (χ0n) is 27.9. The molecule has 5 heteroatoms. The quantitative estimate of drug-likeness (QED) is 0.171. The van der Waals surface area contributed by atoms with Crippen LogP contribution < -0.4 is 4.90 Å². The number of anilines is 2. The van der Waals surface area contributed by atoms with Gasteiger partial charge in [0.2, 0.25) is 0 Å². The van der Waals surface area contributed by atoms with Crippen LogP contribution in [0.1, 0.15) is 0 Å².